The maximum Gasteiger partial charge on any atom is 0.223 e. The molecular weight excluding hydrogens is 196 g/mol. The second-order valence-electron chi connectivity index (χ2n) is 3.88. The Morgan fingerprint density at radius 2 is 2.27 bits per heavy atom. The summed E-state index contributed by atoms with van der Waals surface area (Å²) in [5, 5.41) is 5.65. The third kappa shape index (κ3) is 2.84. The van der Waals surface area contributed by atoms with Gasteiger partial charge in [-0.2, -0.15) is 4.91 Å². The Morgan fingerprint density at radius 1 is 1.53 bits per heavy atom. The first-order chi connectivity index (χ1) is 7.22. The van der Waals surface area contributed by atoms with Crippen LogP contribution in [0.2, 0.25) is 0 Å². The van der Waals surface area contributed by atoms with Crippen LogP contribution in [0.15, 0.2) is 5.18 Å². The summed E-state index contributed by atoms with van der Waals surface area (Å²) in [5.41, 5.74) is 0. The topological polar surface area (TPSA) is 75.6 Å². The number of nitrogens with zero attached hydrogens (tertiary/aromatic N) is 1. The predicted octanol–water partition coefficient (Wildman–Crippen LogP) is 0.873. The Morgan fingerprint density at radius 3 is 2.80 bits per heavy atom. The van der Waals surface area contributed by atoms with E-state index in [1.807, 2.05) is 6.92 Å². The number of rotatable bonds is 4. The number of nitroso groups, excluding NO2 is 1. The number of amides is 1. The number of hydrogen-bond donors (Lipinski definition) is 1. The monoisotopic (exact) mass is 212 g/mol. The van der Waals surface area contributed by atoms with E-state index in [1.54, 1.807) is 0 Å². The molecule has 0 heterocycles. The molecule has 3 unspecified atom stereocenters. The maximum absolute atomic E-state index is 11.5. The minimum atomic E-state index is -0.524. The Kier molecular flexibility index (Phi) is 4.39. The number of carbonyl (C=O) groups is 2. The van der Waals surface area contributed by atoms with E-state index in [1.165, 1.54) is 0 Å². The van der Waals surface area contributed by atoms with Crippen molar-refractivity contribution in [3.05, 3.63) is 4.91 Å². The van der Waals surface area contributed by atoms with E-state index in [0.717, 1.165) is 6.29 Å². The molecule has 1 fully saturated rings. The molecular formula is C10H16N2O3. The molecule has 5 heteroatoms. The molecule has 1 rings (SSSR count). The highest BCUT2D eigenvalue weighted by Crippen LogP contribution is 2.30. The van der Waals surface area contributed by atoms with Crippen LogP contribution in [0.1, 0.15) is 26.2 Å². The van der Waals surface area contributed by atoms with E-state index >= 15 is 0 Å². The molecule has 0 aromatic heterocycles. The van der Waals surface area contributed by atoms with Gasteiger partial charge in [-0.3, -0.25) is 4.79 Å². The van der Waals surface area contributed by atoms with Crippen molar-refractivity contribution in [2.75, 3.05) is 6.54 Å². The van der Waals surface area contributed by atoms with Crippen molar-refractivity contribution in [2.24, 2.45) is 17.0 Å². The fourth-order valence-electron chi connectivity index (χ4n) is 2.01. The Balaban J connectivity index is 2.56. The second kappa shape index (κ2) is 5.58. The molecule has 15 heavy (non-hydrogen) atoms. The van der Waals surface area contributed by atoms with Gasteiger partial charge in [-0.25, -0.2) is 0 Å². The van der Waals surface area contributed by atoms with Gasteiger partial charge in [0.05, 0.1) is 0 Å². The Bertz CT molecular complexity index is 255. The molecule has 1 saturated carbocycles. The van der Waals surface area contributed by atoms with Crippen LogP contribution in [0.5, 0.6) is 0 Å². The molecule has 1 amide bonds. The number of nitrogens with one attached hydrogen (secondary N) is 1. The summed E-state index contributed by atoms with van der Waals surface area (Å²) in [7, 11) is 0. The molecule has 0 radical (unpaired) electrons. The zero-order valence-electron chi connectivity index (χ0n) is 8.81. The minimum absolute atomic E-state index is 0.0319. The van der Waals surface area contributed by atoms with E-state index in [-0.39, 0.29) is 17.7 Å². The van der Waals surface area contributed by atoms with Crippen LogP contribution in [-0.2, 0) is 9.59 Å². The van der Waals surface area contributed by atoms with Gasteiger partial charge in [-0.05, 0) is 26.2 Å². The van der Waals surface area contributed by atoms with Crippen LogP contribution in [0.3, 0.4) is 0 Å². The van der Waals surface area contributed by atoms with E-state index in [0.29, 0.717) is 25.8 Å². The molecule has 0 saturated heterocycles. The molecule has 0 aromatic rings. The summed E-state index contributed by atoms with van der Waals surface area (Å²) < 4.78 is 0. The SMILES string of the molecule is CCNC(=O)C1CCC(C=O)C(N=O)C1. The molecule has 5 nitrogen and oxygen atoms in total. The van der Waals surface area contributed by atoms with Crippen molar-refractivity contribution in [3.8, 4) is 0 Å². The molecule has 84 valence electrons. The van der Waals surface area contributed by atoms with Crippen molar-refractivity contribution >= 4 is 12.2 Å². The van der Waals surface area contributed by atoms with Crippen molar-refractivity contribution in [1.82, 2.24) is 5.32 Å². The fraction of sp³-hybridized carbons (Fsp3) is 0.800. The summed E-state index contributed by atoms with van der Waals surface area (Å²) in [6, 6.07) is -0.524. The van der Waals surface area contributed by atoms with Gasteiger partial charge in [-0.15, -0.1) is 0 Å². The number of hydrogen-bond acceptors (Lipinski definition) is 4. The molecule has 0 aliphatic heterocycles. The summed E-state index contributed by atoms with van der Waals surface area (Å²) in [6.45, 7) is 2.44. The molecule has 1 N–H and O–H groups in total. The average Bonchev–Trinajstić information content (AvgIpc) is 2.28. The van der Waals surface area contributed by atoms with Gasteiger partial charge in [0.15, 0.2) is 0 Å². The van der Waals surface area contributed by atoms with E-state index < -0.39 is 6.04 Å². The van der Waals surface area contributed by atoms with Crippen LogP contribution < -0.4 is 5.32 Å². The first-order valence-corrected chi connectivity index (χ1v) is 5.28. The number of carbonyl (C=O) groups excluding carboxylic acids is 2. The highest BCUT2D eigenvalue weighted by Gasteiger charge is 2.34. The first kappa shape index (κ1) is 11.8. The highest BCUT2D eigenvalue weighted by atomic mass is 16.3. The van der Waals surface area contributed by atoms with Gasteiger partial charge in [-0.1, -0.05) is 5.18 Å². The lowest BCUT2D eigenvalue weighted by Crippen LogP contribution is -2.38. The third-order valence-corrected chi connectivity index (χ3v) is 2.90. The van der Waals surface area contributed by atoms with Gasteiger partial charge in [0.1, 0.15) is 12.3 Å². The standard InChI is InChI=1S/C10H16N2O3/c1-2-11-10(14)7-3-4-8(6-13)9(5-7)12-15/h6-9H,2-5H2,1H3,(H,11,14). The van der Waals surface area contributed by atoms with Gasteiger partial charge >= 0.3 is 0 Å². The van der Waals surface area contributed by atoms with Gasteiger partial charge < -0.3 is 10.1 Å². The van der Waals surface area contributed by atoms with E-state index in [9.17, 15) is 14.5 Å². The molecule has 0 spiro atoms. The largest absolute Gasteiger partial charge is 0.356 e. The van der Waals surface area contributed by atoms with Crippen molar-refractivity contribution < 1.29 is 9.59 Å². The smallest absolute Gasteiger partial charge is 0.223 e. The maximum atomic E-state index is 11.5. The van der Waals surface area contributed by atoms with Crippen molar-refractivity contribution in [1.29, 1.82) is 0 Å². The zero-order valence-corrected chi connectivity index (χ0v) is 8.81. The van der Waals surface area contributed by atoms with Crippen LogP contribution in [0, 0.1) is 16.7 Å². The summed E-state index contributed by atoms with van der Waals surface area (Å²) in [6.07, 6.45) is 2.43. The van der Waals surface area contributed by atoms with Crippen LogP contribution >= 0.6 is 0 Å². The summed E-state index contributed by atoms with van der Waals surface area (Å²) in [4.78, 5) is 32.7. The predicted molar refractivity (Wildman–Crippen MR) is 55.2 cm³/mol. The molecule has 1 aliphatic carbocycles. The molecule has 1 aliphatic rings. The van der Waals surface area contributed by atoms with Crippen LogP contribution in [0.25, 0.3) is 0 Å². The van der Waals surface area contributed by atoms with Gasteiger partial charge in [0, 0.05) is 18.4 Å². The van der Waals surface area contributed by atoms with Gasteiger partial charge in [0.2, 0.25) is 5.91 Å². The summed E-state index contributed by atoms with van der Waals surface area (Å²) >= 11 is 0. The molecule has 0 bridgehead atoms. The highest BCUT2D eigenvalue weighted by molar-refractivity contribution is 5.79. The quantitative estimate of drug-likeness (QED) is 0.555. The Labute approximate surface area is 88.6 Å². The third-order valence-electron chi connectivity index (χ3n) is 2.90. The lowest BCUT2D eigenvalue weighted by Gasteiger charge is -2.28. The normalized spacial score (nSPS) is 30.6. The van der Waals surface area contributed by atoms with Gasteiger partial charge in [0.25, 0.3) is 0 Å². The second-order valence-corrected chi connectivity index (χ2v) is 3.88. The molecule has 3 atom stereocenters. The minimum Gasteiger partial charge on any atom is -0.356 e. The van der Waals surface area contributed by atoms with Crippen LogP contribution in [0.4, 0.5) is 0 Å². The summed E-state index contributed by atoms with van der Waals surface area (Å²) in [5.74, 6) is -0.493. The van der Waals surface area contributed by atoms with E-state index in [2.05, 4.69) is 10.5 Å². The zero-order chi connectivity index (χ0) is 11.3. The van der Waals surface area contributed by atoms with Crippen molar-refractivity contribution in [2.45, 2.75) is 32.2 Å². The molecule has 0 aromatic carbocycles. The van der Waals surface area contributed by atoms with E-state index in [4.69, 9.17) is 0 Å². The fourth-order valence-corrected chi connectivity index (χ4v) is 2.01. The number of aldehydes is 1. The lowest BCUT2D eigenvalue weighted by atomic mass is 9.79. The first-order valence-electron chi connectivity index (χ1n) is 5.28. The van der Waals surface area contributed by atoms with Crippen molar-refractivity contribution in [3.63, 3.8) is 0 Å². The Hall–Kier alpha value is -1.26. The average molecular weight is 212 g/mol. The van der Waals surface area contributed by atoms with Crippen LogP contribution in [-0.4, -0.2) is 24.8 Å². The lowest BCUT2D eigenvalue weighted by molar-refractivity contribution is -0.127.